The molecule has 2 heterocycles. The van der Waals surface area contributed by atoms with Gasteiger partial charge in [0.25, 0.3) is 0 Å². The second-order valence-electron chi connectivity index (χ2n) is 5.88. The highest BCUT2D eigenvalue weighted by Crippen LogP contribution is 2.25. The Kier molecular flexibility index (Phi) is 4.27. The number of aromatic nitrogens is 1. The molecule has 1 fully saturated rings. The molecule has 0 bridgehead atoms. The van der Waals surface area contributed by atoms with E-state index < -0.39 is 10.0 Å². The van der Waals surface area contributed by atoms with Gasteiger partial charge in [0.1, 0.15) is 12.0 Å². The Labute approximate surface area is 136 Å². The predicted molar refractivity (Wildman–Crippen MR) is 87.5 cm³/mol. The maximum Gasteiger partial charge on any atom is 0.243 e. The maximum absolute atomic E-state index is 12.9. The van der Waals surface area contributed by atoms with Gasteiger partial charge in [-0.05, 0) is 26.0 Å². The lowest BCUT2D eigenvalue weighted by molar-refractivity contribution is 0.233. The van der Waals surface area contributed by atoms with Crippen LogP contribution in [0.3, 0.4) is 0 Å². The van der Waals surface area contributed by atoms with E-state index in [1.165, 1.54) is 0 Å². The zero-order valence-electron chi connectivity index (χ0n) is 13.5. The number of nitrogens with one attached hydrogen (secondary N) is 1. The first kappa shape index (κ1) is 16.2. The molecule has 7 heteroatoms. The minimum atomic E-state index is -3.49. The molecular formula is C16H21N3O3S. The molecule has 3 rings (SSSR count). The third-order valence-electron chi connectivity index (χ3n) is 4.35. The average Bonchev–Trinajstić information content (AvgIpc) is 2.96. The largest absolute Gasteiger partial charge is 0.449 e. The highest BCUT2D eigenvalue weighted by molar-refractivity contribution is 7.89. The van der Waals surface area contributed by atoms with Crippen LogP contribution in [0, 0.1) is 6.92 Å². The van der Waals surface area contributed by atoms with Gasteiger partial charge in [0.05, 0.1) is 4.90 Å². The summed E-state index contributed by atoms with van der Waals surface area (Å²) in [6.07, 6.45) is 1.57. The number of rotatable bonds is 3. The first-order valence-corrected chi connectivity index (χ1v) is 9.11. The summed E-state index contributed by atoms with van der Waals surface area (Å²) < 4.78 is 32.5. The number of aryl methyl sites for hydroxylation is 1. The summed E-state index contributed by atoms with van der Waals surface area (Å²) in [5.41, 5.74) is 1.54. The van der Waals surface area contributed by atoms with Crippen LogP contribution in [0.1, 0.15) is 19.7 Å². The fraction of sp³-hybridized carbons (Fsp3) is 0.438. The van der Waals surface area contributed by atoms with Crippen molar-refractivity contribution in [2.24, 2.45) is 0 Å². The summed E-state index contributed by atoms with van der Waals surface area (Å²) >= 11 is 0. The van der Waals surface area contributed by atoms with Gasteiger partial charge in [0.2, 0.25) is 10.0 Å². The first-order valence-electron chi connectivity index (χ1n) is 7.67. The Bertz CT molecular complexity index is 783. The molecule has 6 nitrogen and oxygen atoms in total. The van der Waals surface area contributed by atoms with Crippen molar-refractivity contribution in [1.82, 2.24) is 14.6 Å². The number of hydrogen-bond acceptors (Lipinski definition) is 5. The molecule has 0 spiro atoms. The second-order valence-corrected chi connectivity index (χ2v) is 7.77. The Morgan fingerprint density at radius 2 is 1.96 bits per heavy atom. The van der Waals surface area contributed by atoms with Crippen LogP contribution in [0.2, 0.25) is 0 Å². The standard InChI is InChI=1S/C16H21N3O3S/c1-11-12(2)19(9-8-17-11)23(20,21)15-6-4-14(5-7-15)16-10-22-13(3)18-16/h4-7,10-12,17H,8-9H2,1-3H3. The van der Waals surface area contributed by atoms with Crippen molar-refractivity contribution in [3.8, 4) is 11.3 Å². The summed E-state index contributed by atoms with van der Waals surface area (Å²) in [6.45, 7) is 6.86. The van der Waals surface area contributed by atoms with Crippen molar-refractivity contribution in [2.45, 2.75) is 37.8 Å². The zero-order chi connectivity index (χ0) is 16.6. The molecular weight excluding hydrogens is 314 g/mol. The van der Waals surface area contributed by atoms with Gasteiger partial charge in [-0.25, -0.2) is 13.4 Å². The van der Waals surface area contributed by atoms with E-state index in [9.17, 15) is 8.42 Å². The molecule has 23 heavy (non-hydrogen) atoms. The molecule has 0 aliphatic carbocycles. The summed E-state index contributed by atoms with van der Waals surface area (Å²) in [5, 5.41) is 3.29. The molecule has 1 saturated heterocycles. The van der Waals surface area contributed by atoms with Crippen LogP contribution in [-0.4, -0.2) is 42.9 Å². The van der Waals surface area contributed by atoms with Crippen molar-refractivity contribution in [2.75, 3.05) is 13.1 Å². The minimum absolute atomic E-state index is 0.0772. The Morgan fingerprint density at radius 3 is 2.57 bits per heavy atom. The number of hydrogen-bond donors (Lipinski definition) is 1. The van der Waals surface area contributed by atoms with Gasteiger partial charge in [-0.3, -0.25) is 0 Å². The SMILES string of the molecule is Cc1nc(-c2ccc(S(=O)(=O)N3CCNC(C)C3C)cc2)co1. The summed E-state index contributed by atoms with van der Waals surface area (Å²) in [5.74, 6) is 0.584. The van der Waals surface area contributed by atoms with Crippen LogP contribution >= 0.6 is 0 Å². The van der Waals surface area contributed by atoms with E-state index in [4.69, 9.17) is 4.42 Å². The van der Waals surface area contributed by atoms with Gasteiger partial charge in [-0.2, -0.15) is 4.31 Å². The molecule has 1 N–H and O–H groups in total. The highest BCUT2D eigenvalue weighted by Gasteiger charge is 2.34. The molecule has 2 aromatic rings. The minimum Gasteiger partial charge on any atom is -0.449 e. The lowest BCUT2D eigenvalue weighted by Gasteiger charge is -2.37. The normalized spacial score (nSPS) is 23.1. The summed E-state index contributed by atoms with van der Waals surface area (Å²) in [4.78, 5) is 4.56. The van der Waals surface area contributed by atoms with E-state index in [1.54, 1.807) is 41.8 Å². The van der Waals surface area contributed by atoms with E-state index in [1.807, 2.05) is 13.8 Å². The van der Waals surface area contributed by atoms with Gasteiger partial charge in [-0.15, -0.1) is 0 Å². The topological polar surface area (TPSA) is 75.4 Å². The molecule has 1 aliphatic heterocycles. The average molecular weight is 335 g/mol. The number of benzene rings is 1. The molecule has 1 aromatic carbocycles. The molecule has 1 aromatic heterocycles. The summed E-state index contributed by atoms with van der Waals surface area (Å²) in [7, 11) is -3.49. The highest BCUT2D eigenvalue weighted by atomic mass is 32.2. The maximum atomic E-state index is 12.9. The molecule has 0 saturated carbocycles. The van der Waals surface area contributed by atoms with Crippen LogP contribution in [-0.2, 0) is 10.0 Å². The van der Waals surface area contributed by atoms with E-state index in [0.29, 0.717) is 29.6 Å². The number of piperazine rings is 1. The van der Waals surface area contributed by atoms with Crippen molar-refractivity contribution in [3.05, 3.63) is 36.4 Å². The van der Waals surface area contributed by atoms with Gasteiger partial charge >= 0.3 is 0 Å². The predicted octanol–water partition coefficient (Wildman–Crippen LogP) is 2.02. The Balaban J connectivity index is 1.88. The van der Waals surface area contributed by atoms with E-state index in [2.05, 4.69) is 10.3 Å². The lowest BCUT2D eigenvalue weighted by atomic mass is 10.1. The third kappa shape index (κ3) is 3.04. The third-order valence-corrected chi connectivity index (χ3v) is 6.35. The molecule has 124 valence electrons. The van der Waals surface area contributed by atoms with Crippen LogP contribution in [0.5, 0.6) is 0 Å². The van der Waals surface area contributed by atoms with E-state index in [-0.39, 0.29) is 12.1 Å². The van der Waals surface area contributed by atoms with Crippen molar-refractivity contribution < 1.29 is 12.8 Å². The number of sulfonamides is 1. The lowest BCUT2D eigenvalue weighted by Crippen LogP contribution is -2.57. The van der Waals surface area contributed by atoms with Crippen molar-refractivity contribution in [1.29, 1.82) is 0 Å². The van der Waals surface area contributed by atoms with E-state index >= 15 is 0 Å². The molecule has 0 radical (unpaired) electrons. The molecule has 0 amide bonds. The van der Waals surface area contributed by atoms with Crippen LogP contribution in [0.4, 0.5) is 0 Å². The monoisotopic (exact) mass is 335 g/mol. The van der Waals surface area contributed by atoms with Gasteiger partial charge in [0.15, 0.2) is 5.89 Å². The van der Waals surface area contributed by atoms with Crippen molar-refractivity contribution >= 4 is 10.0 Å². The zero-order valence-corrected chi connectivity index (χ0v) is 14.3. The fourth-order valence-electron chi connectivity index (χ4n) is 2.79. The quantitative estimate of drug-likeness (QED) is 0.929. The van der Waals surface area contributed by atoms with Gasteiger partial charge < -0.3 is 9.73 Å². The molecule has 2 unspecified atom stereocenters. The Hall–Kier alpha value is -1.70. The van der Waals surface area contributed by atoms with Crippen LogP contribution < -0.4 is 5.32 Å². The van der Waals surface area contributed by atoms with Gasteiger partial charge in [-0.1, -0.05) is 12.1 Å². The first-order chi connectivity index (χ1) is 10.9. The fourth-order valence-corrected chi connectivity index (χ4v) is 4.50. The van der Waals surface area contributed by atoms with Gasteiger partial charge in [0, 0.05) is 37.7 Å². The summed E-state index contributed by atoms with van der Waals surface area (Å²) in [6, 6.07) is 6.85. The molecule has 2 atom stereocenters. The second kappa shape index (κ2) is 6.07. The Morgan fingerprint density at radius 1 is 1.26 bits per heavy atom. The number of oxazole rings is 1. The molecule has 1 aliphatic rings. The number of nitrogens with zero attached hydrogens (tertiary/aromatic N) is 2. The smallest absolute Gasteiger partial charge is 0.243 e. The van der Waals surface area contributed by atoms with E-state index in [0.717, 1.165) is 5.56 Å². The van der Waals surface area contributed by atoms with Crippen molar-refractivity contribution in [3.63, 3.8) is 0 Å². The van der Waals surface area contributed by atoms with Crippen LogP contribution in [0.15, 0.2) is 39.8 Å². The van der Waals surface area contributed by atoms with Crippen LogP contribution in [0.25, 0.3) is 11.3 Å².